The van der Waals surface area contributed by atoms with Gasteiger partial charge in [0.05, 0.1) is 25.9 Å². The summed E-state index contributed by atoms with van der Waals surface area (Å²) in [4.78, 5) is 0. The van der Waals surface area contributed by atoms with E-state index in [0.29, 0.717) is 43.2 Å². The molecule has 4 unspecified atom stereocenters. The fourth-order valence-electron chi connectivity index (χ4n) is 4.49. The van der Waals surface area contributed by atoms with E-state index >= 15 is 0 Å². The molecule has 0 aromatic carbocycles. The van der Waals surface area contributed by atoms with Crippen molar-refractivity contribution in [1.29, 1.82) is 0 Å². The number of nitrogens with one attached hydrogen (secondary N) is 1. The second kappa shape index (κ2) is 6.30. The summed E-state index contributed by atoms with van der Waals surface area (Å²) in [6.07, 6.45) is 3.58. The molecule has 2 fully saturated rings. The van der Waals surface area contributed by atoms with E-state index in [1.165, 1.54) is 19.3 Å². The Morgan fingerprint density at radius 1 is 1.30 bits per heavy atom. The zero-order valence-corrected chi connectivity index (χ0v) is 13.4. The molecular weight excluding hydrogens is 254 g/mol. The van der Waals surface area contributed by atoms with Crippen LogP contribution in [0.1, 0.15) is 40.0 Å². The Hall–Kier alpha value is -0.160. The number of rotatable bonds is 8. The van der Waals surface area contributed by atoms with Crippen LogP contribution in [0.25, 0.3) is 0 Å². The summed E-state index contributed by atoms with van der Waals surface area (Å²) < 4.78 is 10.3. The minimum atomic E-state index is -0.439. The molecule has 0 saturated heterocycles. The predicted octanol–water partition coefficient (Wildman–Crippen LogP) is 1.81. The zero-order chi connectivity index (χ0) is 14.8. The quantitative estimate of drug-likeness (QED) is 0.668. The van der Waals surface area contributed by atoms with E-state index in [0.717, 1.165) is 5.92 Å². The van der Waals surface area contributed by atoms with E-state index in [1.54, 1.807) is 7.11 Å². The number of ether oxygens (including phenoxy) is 2. The van der Waals surface area contributed by atoms with Gasteiger partial charge in [0.1, 0.15) is 0 Å². The van der Waals surface area contributed by atoms with Gasteiger partial charge in [0, 0.05) is 19.7 Å². The van der Waals surface area contributed by atoms with Crippen LogP contribution in [0.5, 0.6) is 0 Å². The van der Waals surface area contributed by atoms with Gasteiger partial charge in [-0.1, -0.05) is 20.8 Å². The molecule has 118 valence electrons. The van der Waals surface area contributed by atoms with Gasteiger partial charge < -0.3 is 19.9 Å². The van der Waals surface area contributed by atoms with E-state index in [4.69, 9.17) is 9.47 Å². The second-order valence-corrected chi connectivity index (χ2v) is 7.48. The Bertz CT molecular complexity index is 316. The molecule has 0 radical (unpaired) electrons. The molecule has 0 aliphatic heterocycles. The number of hydrogen-bond donors (Lipinski definition) is 2. The lowest BCUT2D eigenvalue weighted by atomic mass is 9.68. The largest absolute Gasteiger partial charge is 0.389 e. The van der Waals surface area contributed by atoms with E-state index in [1.807, 2.05) is 0 Å². The summed E-state index contributed by atoms with van der Waals surface area (Å²) in [5.41, 5.74) is 0.744. The Morgan fingerprint density at radius 2 is 2.05 bits per heavy atom. The molecule has 20 heavy (non-hydrogen) atoms. The number of methoxy groups -OCH3 is 1. The fourth-order valence-corrected chi connectivity index (χ4v) is 4.49. The lowest BCUT2D eigenvalue weighted by molar-refractivity contribution is 0.00709. The van der Waals surface area contributed by atoms with Gasteiger partial charge in [0.15, 0.2) is 0 Å². The van der Waals surface area contributed by atoms with Crippen molar-refractivity contribution in [3.63, 3.8) is 0 Å². The van der Waals surface area contributed by atoms with Crippen LogP contribution in [0.4, 0.5) is 0 Å². The second-order valence-electron chi connectivity index (χ2n) is 7.48. The molecule has 2 aliphatic rings. The van der Waals surface area contributed by atoms with E-state index in [9.17, 15) is 5.11 Å². The molecule has 4 nitrogen and oxygen atoms in total. The number of aliphatic hydroxyl groups excluding tert-OH is 1. The molecule has 2 rings (SSSR count). The first kappa shape index (κ1) is 16.2. The van der Waals surface area contributed by atoms with Crippen molar-refractivity contribution in [2.75, 3.05) is 33.5 Å². The monoisotopic (exact) mass is 285 g/mol. The van der Waals surface area contributed by atoms with Crippen molar-refractivity contribution >= 4 is 0 Å². The smallest absolute Gasteiger partial charge is 0.0897 e. The van der Waals surface area contributed by atoms with Crippen LogP contribution in [0.3, 0.4) is 0 Å². The van der Waals surface area contributed by atoms with Gasteiger partial charge in [-0.15, -0.1) is 0 Å². The highest BCUT2D eigenvalue weighted by Crippen LogP contribution is 2.62. The standard InChI is InChI=1S/C16H31NO3/c1-15(2)12-5-6-16(3,9-12)14(15)17-10-13(18)11-20-8-7-19-4/h12-14,17-18H,5-11H2,1-4H3. The molecule has 4 atom stereocenters. The summed E-state index contributed by atoms with van der Waals surface area (Å²) in [6.45, 7) is 9.27. The highest BCUT2D eigenvalue weighted by atomic mass is 16.5. The van der Waals surface area contributed by atoms with Crippen LogP contribution in [-0.2, 0) is 9.47 Å². The topological polar surface area (TPSA) is 50.7 Å². The summed E-state index contributed by atoms with van der Waals surface area (Å²) in [7, 11) is 1.65. The van der Waals surface area contributed by atoms with Crippen LogP contribution >= 0.6 is 0 Å². The van der Waals surface area contributed by atoms with Gasteiger partial charge in [-0.05, 0) is 36.0 Å². The molecule has 4 heteroatoms. The first-order valence-corrected chi connectivity index (χ1v) is 7.88. The number of hydrogen-bond acceptors (Lipinski definition) is 4. The maximum absolute atomic E-state index is 10.0. The van der Waals surface area contributed by atoms with E-state index in [-0.39, 0.29) is 0 Å². The molecule has 0 aromatic rings. The molecule has 2 N–H and O–H groups in total. The van der Waals surface area contributed by atoms with Crippen LogP contribution in [0.2, 0.25) is 0 Å². The summed E-state index contributed by atoms with van der Waals surface area (Å²) in [5, 5.41) is 13.6. The van der Waals surface area contributed by atoms with E-state index < -0.39 is 6.10 Å². The predicted molar refractivity (Wildman–Crippen MR) is 79.7 cm³/mol. The Morgan fingerprint density at radius 3 is 2.65 bits per heavy atom. The van der Waals surface area contributed by atoms with Gasteiger partial charge >= 0.3 is 0 Å². The lowest BCUT2D eigenvalue weighted by Gasteiger charge is -2.43. The summed E-state index contributed by atoms with van der Waals surface area (Å²) in [6, 6.07) is 0.502. The molecule has 2 bridgehead atoms. The van der Waals surface area contributed by atoms with Crippen molar-refractivity contribution in [2.45, 2.75) is 52.2 Å². The molecular formula is C16H31NO3. The first-order chi connectivity index (χ1) is 9.40. The van der Waals surface area contributed by atoms with Crippen LogP contribution in [-0.4, -0.2) is 50.7 Å². The van der Waals surface area contributed by atoms with Gasteiger partial charge in [0.25, 0.3) is 0 Å². The lowest BCUT2D eigenvalue weighted by Crippen LogP contribution is -2.52. The maximum atomic E-state index is 10.0. The third kappa shape index (κ3) is 3.19. The van der Waals surface area contributed by atoms with Crippen LogP contribution in [0, 0.1) is 16.7 Å². The van der Waals surface area contributed by atoms with Crippen molar-refractivity contribution in [1.82, 2.24) is 5.32 Å². The summed E-state index contributed by atoms with van der Waals surface area (Å²) in [5.74, 6) is 0.833. The molecule has 2 saturated carbocycles. The van der Waals surface area contributed by atoms with Gasteiger partial charge in [0.2, 0.25) is 0 Å². The minimum Gasteiger partial charge on any atom is -0.389 e. The Balaban J connectivity index is 1.76. The molecule has 2 aliphatic carbocycles. The maximum Gasteiger partial charge on any atom is 0.0897 e. The summed E-state index contributed by atoms with van der Waals surface area (Å²) >= 11 is 0. The third-order valence-corrected chi connectivity index (χ3v) is 5.57. The normalized spacial score (nSPS) is 36.5. The SMILES string of the molecule is COCCOCC(O)CNC1C2(C)CCC(C2)C1(C)C. The highest BCUT2D eigenvalue weighted by molar-refractivity contribution is 5.12. The number of aliphatic hydroxyl groups is 1. The highest BCUT2D eigenvalue weighted by Gasteiger charge is 2.58. The van der Waals surface area contributed by atoms with Crippen LogP contribution < -0.4 is 5.32 Å². The van der Waals surface area contributed by atoms with Gasteiger partial charge in [-0.25, -0.2) is 0 Å². The fraction of sp³-hybridized carbons (Fsp3) is 1.00. The molecule has 0 heterocycles. The van der Waals surface area contributed by atoms with Crippen molar-refractivity contribution in [3.8, 4) is 0 Å². The van der Waals surface area contributed by atoms with Crippen molar-refractivity contribution in [2.24, 2.45) is 16.7 Å². The van der Waals surface area contributed by atoms with Gasteiger partial charge in [-0.2, -0.15) is 0 Å². The zero-order valence-electron chi connectivity index (χ0n) is 13.4. The average molecular weight is 285 g/mol. The minimum absolute atomic E-state index is 0.337. The average Bonchev–Trinajstić information content (AvgIpc) is 2.85. The van der Waals surface area contributed by atoms with Crippen molar-refractivity contribution in [3.05, 3.63) is 0 Å². The molecule has 0 spiro atoms. The van der Waals surface area contributed by atoms with Crippen molar-refractivity contribution < 1.29 is 14.6 Å². The van der Waals surface area contributed by atoms with Crippen LogP contribution in [0.15, 0.2) is 0 Å². The number of fused-ring (bicyclic) bond motifs is 2. The Kier molecular flexibility index (Phi) is 5.11. The van der Waals surface area contributed by atoms with E-state index in [2.05, 4.69) is 26.1 Å². The molecule has 0 amide bonds. The molecule has 0 aromatic heterocycles. The Labute approximate surface area is 123 Å². The first-order valence-electron chi connectivity index (χ1n) is 7.88. The third-order valence-electron chi connectivity index (χ3n) is 5.57. The van der Waals surface area contributed by atoms with Gasteiger partial charge in [-0.3, -0.25) is 0 Å².